The lowest BCUT2D eigenvalue weighted by Gasteiger charge is -2.08. The van der Waals surface area contributed by atoms with Crippen molar-refractivity contribution < 1.29 is 9.47 Å². The van der Waals surface area contributed by atoms with E-state index in [9.17, 15) is 0 Å². The smallest absolute Gasteiger partial charge is 0.161 e. The molecular formula is C12H12IN3O2. The van der Waals surface area contributed by atoms with Crippen LogP contribution in [0.1, 0.15) is 0 Å². The molecule has 0 fully saturated rings. The van der Waals surface area contributed by atoms with Crippen LogP contribution in [-0.2, 0) is 0 Å². The highest BCUT2D eigenvalue weighted by molar-refractivity contribution is 14.1. The second kappa shape index (κ2) is 5.38. The molecule has 0 aliphatic carbocycles. The highest BCUT2D eigenvalue weighted by Crippen LogP contribution is 2.28. The highest BCUT2D eigenvalue weighted by atomic mass is 127. The van der Waals surface area contributed by atoms with E-state index in [0.717, 1.165) is 9.13 Å². The average Bonchev–Trinajstić information content (AvgIpc) is 2.41. The molecule has 0 atom stereocenters. The molecule has 0 saturated carbocycles. The molecule has 0 spiro atoms. The van der Waals surface area contributed by atoms with Gasteiger partial charge in [-0.25, -0.2) is 9.97 Å². The second-order valence-electron chi connectivity index (χ2n) is 3.53. The molecule has 0 saturated heterocycles. The summed E-state index contributed by atoms with van der Waals surface area (Å²) >= 11 is 2.09. The van der Waals surface area contributed by atoms with E-state index in [4.69, 9.17) is 15.2 Å². The topological polar surface area (TPSA) is 70.3 Å². The van der Waals surface area contributed by atoms with Crippen molar-refractivity contribution in [2.45, 2.75) is 0 Å². The molecule has 0 unspecified atom stereocenters. The molecule has 1 aromatic carbocycles. The number of nitrogen functional groups attached to an aromatic ring is 1. The first-order chi connectivity index (χ1) is 8.63. The number of hydrogen-bond donors (Lipinski definition) is 1. The maximum Gasteiger partial charge on any atom is 0.161 e. The molecule has 0 amide bonds. The van der Waals surface area contributed by atoms with Crippen molar-refractivity contribution in [1.82, 2.24) is 9.97 Å². The Hall–Kier alpha value is -1.57. The number of ether oxygens (including phenoxy) is 2. The van der Waals surface area contributed by atoms with Crippen LogP contribution in [0.2, 0.25) is 0 Å². The zero-order chi connectivity index (χ0) is 13.1. The molecule has 1 aromatic heterocycles. The van der Waals surface area contributed by atoms with Crippen molar-refractivity contribution in [1.29, 1.82) is 0 Å². The predicted octanol–water partition coefficient (Wildman–Crippen LogP) is 2.35. The summed E-state index contributed by atoms with van der Waals surface area (Å²) < 4.78 is 11.2. The van der Waals surface area contributed by atoms with Crippen molar-refractivity contribution in [2.24, 2.45) is 0 Å². The van der Waals surface area contributed by atoms with Crippen molar-refractivity contribution in [3.8, 4) is 22.9 Å². The van der Waals surface area contributed by atoms with E-state index in [-0.39, 0.29) is 0 Å². The minimum absolute atomic E-state index is 0.461. The van der Waals surface area contributed by atoms with Crippen LogP contribution in [0.4, 0.5) is 5.82 Å². The largest absolute Gasteiger partial charge is 0.497 e. The van der Waals surface area contributed by atoms with Gasteiger partial charge in [0.1, 0.15) is 17.3 Å². The third-order valence-electron chi connectivity index (χ3n) is 2.38. The van der Waals surface area contributed by atoms with Crippen LogP contribution in [0.15, 0.2) is 24.4 Å². The maximum atomic E-state index is 5.78. The van der Waals surface area contributed by atoms with Gasteiger partial charge in [0.05, 0.1) is 17.8 Å². The molecule has 0 radical (unpaired) electrons. The Balaban J connectivity index is 2.51. The van der Waals surface area contributed by atoms with E-state index in [0.29, 0.717) is 23.1 Å². The molecule has 6 heteroatoms. The highest BCUT2D eigenvalue weighted by Gasteiger charge is 2.08. The SMILES string of the molecule is COc1cc(OC)cc(-c2ncc(I)c(N)n2)c1. The van der Waals surface area contributed by atoms with E-state index in [1.165, 1.54) is 0 Å². The van der Waals surface area contributed by atoms with Gasteiger partial charge in [0.15, 0.2) is 5.82 Å². The summed E-state index contributed by atoms with van der Waals surface area (Å²) in [6.07, 6.45) is 1.68. The number of anilines is 1. The fourth-order valence-electron chi connectivity index (χ4n) is 1.46. The molecule has 0 aliphatic heterocycles. The van der Waals surface area contributed by atoms with Crippen LogP contribution in [0.25, 0.3) is 11.4 Å². The van der Waals surface area contributed by atoms with Gasteiger partial charge in [0, 0.05) is 17.8 Å². The number of nitrogens with two attached hydrogens (primary N) is 1. The number of rotatable bonds is 3. The normalized spacial score (nSPS) is 10.2. The first-order valence-electron chi connectivity index (χ1n) is 5.15. The number of halogens is 1. The minimum Gasteiger partial charge on any atom is -0.497 e. The molecule has 18 heavy (non-hydrogen) atoms. The molecule has 94 valence electrons. The number of nitrogens with zero attached hydrogens (tertiary/aromatic N) is 2. The van der Waals surface area contributed by atoms with Crippen molar-refractivity contribution >= 4 is 28.4 Å². The summed E-state index contributed by atoms with van der Waals surface area (Å²) in [6.45, 7) is 0. The average molecular weight is 357 g/mol. The summed E-state index contributed by atoms with van der Waals surface area (Å²) in [6, 6.07) is 5.47. The maximum absolute atomic E-state index is 5.78. The van der Waals surface area contributed by atoms with E-state index < -0.39 is 0 Å². The lowest BCUT2D eigenvalue weighted by Crippen LogP contribution is -1.99. The molecule has 2 aromatic rings. The van der Waals surface area contributed by atoms with Crippen molar-refractivity contribution in [3.05, 3.63) is 28.0 Å². The number of aromatic nitrogens is 2. The van der Waals surface area contributed by atoms with Gasteiger partial charge in [-0.1, -0.05) is 0 Å². The Labute approximate surface area is 118 Å². The van der Waals surface area contributed by atoms with Crippen LogP contribution in [-0.4, -0.2) is 24.2 Å². The van der Waals surface area contributed by atoms with Gasteiger partial charge in [0.2, 0.25) is 0 Å². The number of methoxy groups -OCH3 is 2. The predicted molar refractivity (Wildman–Crippen MR) is 77.7 cm³/mol. The fourth-order valence-corrected chi connectivity index (χ4v) is 1.72. The summed E-state index contributed by atoms with van der Waals surface area (Å²) in [7, 11) is 3.20. The summed E-state index contributed by atoms with van der Waals surface area (Å²) in [5.41, 5.74) is 6.58. The lowest BCUT2D eigenvalue weighted by atomic mass is 10.2. The molecular weight excluding hydrogens is 345 g/mol. The van der Waals surface area contributed by atoms with E-state index in [1.54, 1.807) is 26.5 Å². The standard InChI is InChI=1S/C12H12IN3O2/c1-17-8-3-7(4-9(5-8)18-2)12-15-6-10(13)11(14)16-12/h3-6H,1-2H3,(H2,14,15,16). The van der Waals surface area contributed by atoms with E-state index in [2.05, 4.69) is 32.6 Å². The van der Waals surface area contributed by atoms with Gasteiger partial charge in [-0.2, -0.15) is 0 Å². The van der Waals surface area contributed by atoms with Crippen LogP contribution in [0.5, 0.6) is 11.5 Å². The van der Waals surface area contributed by atoms with Crippen LogP contribution >= 0.6 is 22.6 Å². The molecule has 5 nitrogen and oxygen atoms in total. The Kier molecular flexibility index (Phi) is 3.85. The Morgan fingerprint density at radius 2 is 1.72 bits per heavy atom. The van der Waals surface area contributed by atoms with Crippen LogP contribution in [0, 0.1) is 3.57 Å². The van der Waals surface area contributed by atoms with Crippen molar-refractivity contribution in [2.75, 3.05) is 20.0 Å². The van der Waals surface area contributed by atoms with E-state index >= 15 is 0 Å². The lowest BCUT2D eigenvalue weighted by molar-refractivity contribution is 0.394. The molecule has 0 aliphatic rings. The summed E-state index contributed by atoms with van der Waals surface area (Å²) in [5.74, 6) is 2.38. The van der Waals surface area contributed by atoms with Gasteiger partial charge in [-0.05, 0) is 34.7 Å². The van der Waals surface area contributed by atoms with Gasteiger partial charge >= 0.3 is 0 Å². The molecule has 0 bridgehead atoms. The zero-order valence-electron chi connectivity index (χ0n) is 9.98. The van der Waals surface area contributed by atoms with Crippen LogP contribution < -0.4 is 15.2 Å². The second-order valence-corrected chi connectivity index (χ2v) is 4.69. The van der Waals surface area contributed by atoms with Crippen LogP contribution in [0.3, 0.4) is 0 Å². The van der Waals surface area contributed by atoms with Gasteiger partial charge in [0.25, 0.3) is 0 Å². The number of benzene rings is 1. The molecule has 2 rings (SSSR count). The van der Waals surface area contributed by atoms with E-state index in [1.807, 2.05) is 12.1 Å². The minimum atomic E-state index is 0.461. The van der Waals surface area contributed by atoms with Crippen molar-refractivity contribution in [3.63, 3.8) is 0 Å². The quantitative estimate of drug-likeness (QED) is 0.854. The van der Waals surface area contributed by atoms with Gasteiger partial charge in [-0.3, -0.25) is 0 Å². The Morgan fingerprint density at radius 1 is 1.11 bits per heavy atom. The third kappa shape index (κ3) is 2.63. The molecule has 2 N–H and O–H groups in total. The molecule has 1 heterocycles. The summed E-state index contributed by atoms with van der Waals surface area (Å²) in [5, 5.41) is 0. The number of hydrogen-bond acceptors (Lipinski definition) is 5. The Bertz CT molecular complexity index is 553. The first kappa shape index (κ1) is 12.9. The monoisotopic (exact) mass is 357 g/mol. The zero-order valence-corrected chi connectivity index (χ0v) is 12.1. The fraction of sp³-hybridized carbons (Fsp3) is 0.167. The van der Waals surface area contributed by atoms with Gasteiger partial charge < -0.3 is 15.2 Å². The summed E-state index contributed by atoms with van der Waals surface area (Å²) in [4.78, 5) is 8.49. The Morgan fingerprint density at radius 3 is 2.22 bits per heavy atom. The first-order valence-corrected chi connectivity index (χ1v) is 6.23. The van der Waals surface area contributed by atoms with Gasteiger partial charge in [-0.15, -0.1) is 0 Å². The third-order valence-corrected chi connectivity index (χ3v) is 3.21.